The second-order valence-corrected chi connectivity index (χ2v) is 7.54. The van der Waals surface area contributed by atoms with Crippen molar-refractivity contribution < 1.29 is 9.21 Å². The molecule has 3 aromatic rings. The van der Waals surface area contributed by atoms with E-state index in [4.69, 9.17) is 4.42 Å². The van der Waals surface area contributed by atoms with E-state index in [2.05, 4.69) is 32.6 Å². The van der Waals surface area contributed by atoms with Crippen LogP contribution in [0.1, 0.15) is 31.0 Å². The summed E-state index contributed by atoms with van der Waals surface area (Å²) in [5.74, 6) is 1.65. The monoisotopic (exact) mass is 392 g/mol. The Balaban J connectivity index is 1.68. The Morgan fingerprint density at radius 3 is 2.81 bits per heavy atom. The normalized spacial score (nSPS) is 11.0. The summed E-state index contributed by atoms with van der Waals surface area (Å²) in [6.07, 6.45) is 3.38. The summed E-state index contributed by atoms with van der Waals surface area (Å²) in [4.78, 5) is 12.2. The second kappa shape index (κ2) is 8.45. The number of aryl methyl sites for hydroxylation is 2. The quantitative estimate of drug-likeness (QED) is 0.587. The van der Waals surface area contributed by atoms with E-state index < -0.39 is 0 Å². The highest BCUT2D eigenvalue weighted by Crippen LogP contribution is 2.27. The van der Waals surface area contributed by atoms with Gasteiger partial charge in [0.05, 0.1) is 17.6 Å². The van der Waals surface area contributed by atoms with Crippen molar-refractivity contribution in [1.82, 2.24) is 25.0 Å². The van der Waals surface area contributed by atoms with E-state index in [1.807, 2.05) is 24.5 Å². The van der Waals surface area contributed by atoms with Gasteiger partial charge in [0.1, 0.15) is 10.8 Å². The SMILES string of the molecule is CCCn1c(SCC(=O)Nc2nnc(CC)s2)nnc1-c1ccoc1C. The molecule has 0 aliphatic rings. The zero-order valence-electron chi connectivity index (χ0n) is 14.9. The first kappa shape index (κ1) is 18.6. The van der Waals surface area contributed by atoms with Crippen LogP contribution in [-0.4, -0.2) is 36.6 Å². The van der Waals surface area contributed by atoms with Crippen molar-refractivity contribution in [3.8, 4) is 11.4 Å². The van der Waals surface area contributed by atoms with Gasteiger partial charge >= 0.3 is 0 Å². The lowest BCUT2D eigenvalue weighted by Gasteiger charge is -2.08. The maximum Gasteiger partial charge on any atom is 0.236 e. The van der Waals surface area contributed by atoms with Gasteiger partial charge in [-0.3, -0.25) is 10.1 Å². The Bertz CT molecular complexity index is 885. The molecular formula is C16H20N6O2S2. The fourth-order valence-corrected chi connectivity index (χ4v) is 3.83. The number of nitrogens with zero attached hydrogens (tertiary/aromatic N) is 5. The van der Waals surface area contributed by atoms with Crippen LogP contribution in [0.2, 0.25) is 0 Å². The van der Waals surface area contributed by atoms with Gasteiger partial charge in [-0.25, -0.2) is 0 Å². The maximum atomic E-state index is 12.2. The Morgan fingerprint density at radius 1 is 1.31 bits per heavy atom. The van der Waals surface area contributed by atoms with Crippen molar-refractivity contribution >= 4 is 34.1 Å². The molecule has 3 heterocycles. The van der Waals surface area contributed by atoms with Crippen LogP contribution < -0.4 is 5.32 Å². The first-order valence-electron chi connectivity index (χ1n) is 8.35. The largest absolute Gasteiger partial charge is 0.469 e. The van der Waals surface area contributed by atoms with E-state index in [1.165, 1.54) is 23.1 Å². The third-order valence-electron chi connectivity index (χ3n) is 3.61. The van der Waals surface area contributed by atoms with Gasteiger partial charge in [0.25, 0.3) is 0 Å². The van der Waals surface area contributed by atoms with Gasteiger partial charge in [0.15, 0.2) is 11.0 Å². The van der Waals surface area contributed by atoms with Gasteiger partial charge in [0.2, 0.25) is 11.0 Å². The van der Waals surface area contributed by atoms with Crippen molar-refractivity contribution in [1.29, 1.82) is 0 Å². The Hall–Kier alpha value is -2.20. The molecule has 0 saturated carbocycles. The number of hydrogen-bond acceptors (Lipinski definition) is 8. The van der Waals surface area contributed by atoms with Crippen LogP contribution in [0, 0.1) is 6.92 Å². The van der Waals surface area contributed by atoms with E-state index in [1.54, 1.807) is 6.26 Å². The molecular weight excluding hydrogens is 372 g/mol. The zero-order chi connectivity index (χ0) is 18.5. The number of carbonyl (C=O) groups excluding carboxylic acids is 1. The number of nitrogens with one attached hydrogen (secondary N) is 1. The smallest absolute Gasteiger partial charge is 0.236 e. The molecule has 1 N–H and O–H groups in total. The fraction of sp³-hybridized carbons (Fsp3) is 0.438. The van der Waals surface area contributed by atoms with Crippen LogP contribution in [-0.2, 0) is 17.8 Å². The molecule has 0 unspecified atom stereocenters. The third-order valence-corrected chi connectivity index (χ3v) is 5.56. The lowest BCUT2D eigenvalue weighted by molar-refractivity contribution is -0.113. The molecule has 8 nitrogen and oxygen atoms in total. The highest BCUT2D eigenvalue weighted by Gasteiger charge is 2.18. The molecule has 138 valence electrons. The number of carbonyl (C=O) groups is 1. The molecule has 0 spiro atoms. The van der Waals surface area contributed by atoms with Crippen LogP contribution in [0.3, 0.4) is 0 Å². The molecule has 0 aliphatic carbocycles. The minimum Gasteiger partial charge on any atom is -0.469 e. The summed E-state index contributed by atoms with van der Waals surface area (Å²) in [6, 6.07) is 1.88. The number of furan rings is 1. The lowest BCUT2D eigenvalue weighted by Crippen LogP contribution is -2.14. The molecule has 0 radical (unpaired) electrons. The molecule has 3 aromatic heterocycles. The molecule has 1 amide bonds. The van der Waals surface area contributed by atoms with Crippen LogP contribution in [0.5, 0.6) is 0 Å². The predicted octanol–water partition coefficient (Wildman–Crippen LogP) is 3.40. The third kappa shape index (κ3) is 4.13. The Kier molecular flexibility index (Phi) is 6.04. The number of aromatic nitrogens is 5. The van der Waals surface area contributed by atoms with E-state index in [0.717, 1.165) is 41.5 Å². The second-order valence-electron chi connectivity index (χ2n) is 5.54. The van der Waals surface area contributed by atoms with Crippen molar-refractivity contribution in [2.75, 3.05) is 11.1 Å². The Labute approximate surface area is 159 Å². The number of amides is 1. The molecule has 26 heavy (non-hydrogen) atoms. The van der Waals surface area contributed by atoms with Crippen molar-refractivity contribution in [3.63, 3.8) is 0 Å². The predicted molar refractivity (Wildman–Crippen MR) is 101 cm³/mol. The van der Waals surface area contributed by atoms with E-state index in [-0.39, 0.29) is 11.7 Å². The van der Waals surface area contributed by atoms with Gasteiger partial charge in [-0.2, -0.15) is 0 Å². The molecule has 3 rings (SSSR count). The van der Waals surface area contributed by atoms with Gasteiger partial charge in [-0.15, -0.1) is 20.4 Å². The van der Waals surface area contributed by atoms with Crippen molar-refractivity contribution in [3.05, 3.63) is 23.1 Å². The van der Waals surface area contributed by atoms with Crippen LogP contribution >= 0.6 is 23.1 Å². The summed E-state index contributed by atoms with van der Waals surface area (Å²) < 4.78 is 7.40. The number of thioether (sulfide) groups is 1. The van der Waals surface area contributed by atoms with Crippen LogP contribution in [0.4, 0.5) is 5.13 Å². The minimum absolute atomic E-state index is 0.138. The molecule has 0 atom stereocenters. The molecule has 0 saturated heterocycles. The average molecular weight is 393 g/mol. The van der Waals surface area contributed by atoms with Gasteiger partial charge in [-0.05, 0) is 25.8 Å². The maximum absolute atomic E-state index is 12.2. The molecule has 10 heteroatoms. The first-order chi connectivity index (χ1) is 12.6. The zero-order valence-corrected chi connectivity index (χ0v) is 16.5. The molecule has 0 aromatic carbocycles. The van der Waals surface area contributed by atoms with Crippen LogP contribution in [0.15, 0.2) is 21.9 Å². The highest BCUT2D eigenvalue weighted by molar-refractivity contribution is 7.99. The van der Waals surface area contributed by atoms with Gasteiger partial charge in [0, 0.05) is 6.54 Å². The van der Waals surface area contributed by atoms with E-state index in [0.29, 0.717) is 10.3 Å². The topological polar surface area (TPSA) is 98.7 Å². The summed E-state index contributed by atoms with van der Waals surface area (Å²) in [5.41, 5.74) is 0.920. The fourth-order valence-electron chi connectivity index (χ4n) is 2.37. The summed E-state index contributed by atoms with van der Waals surface area (Å²) in [7, 11) is 0. The van der Waals surface area contributed by atoms with Crippen molar-refractivity contribution in [2.45, 2.75) is 45.3 Å². The number of rotatable bonds is 8. The summed E-state index contributed by atoms with van der Waals surface area (Å²) in [6.45, 7) is 6.76. The van der Waals surface area contributed by atoms with E-state index >= 15 is 0 Å². The molecule has 0 aliphatic heterocycles. The average Bonchev–Trinajstić information content (AvgIpc) is 3.34. The van der Waals surface area contributed by atoms with Crippen molar-refractivity contribution in [2.24, 2.45) is 0 Å². The lowest BCUT2D eigenvalue weighted by atomic mass is 10.2. The van der Waals surface area contributed by atoms with Crippen LogP contribution in [0.25, 0.3) is 11.4 Å². The molecule has 0 bridgehead atoms. The minimum atomic E-state index is -0.138. The van der Waals surface area contributed by atoms with Gasteiger partial charge < -0.3 is 8.98 Å². The Morgan fingerprint density at radius 2 is 2.15 bits per heavy atom. The number of hydrogen-bond donors (Lipinski definition) is 1. The molecule has 0 fully saturated rings. The summed E-state index contributed by atoms with van der Waals surface area (Å²) in [5, 5.41) is 21.4. The summed E-state index contributed by atoms with van der Waals surface area (Å²) >= 11 is 2.75. The van der Waals surface area contributed by atoms with Gasteiger partial charge in [-0.1, -0.05) is 36.9 Å². The van der Waals surface area contributed by atoms with E-state index in [9.17, 15) is 4.79 Å². The standard InChI is InChI=1S/C16H20N6O2S2/c1-4-7-22-14(11-6-8-24-10(11)3)19-21-16(22)25-9-12(23)17-15-20-18-13(5-2)26-15/h6,8H,4-5,7,9H2,1-3H3,(H,17,20,23). The first-order valence-corrected chi connectivity index (χ1v) is 10.1. The highest BCUT2D eigenvalue weighted by atomic mass is 32.2. The number of anilines is 1.